The van der Waals surface area contributed by atoms with Crippen LogP contribution in [-0.2, 0) is 23.8 Å². The second kappa shape index (κ2) is 7.69. The molecule has 2 N–H and O–H groups in total. The Kier molecular flexibility index (Phi) is 6.19. The Morgan fingerprint density at radius 1 is 1.38 bits per heavy atom. The van der Waals surface area contributed by atoms with Crippen molar-refractivity contribution in [3.63, 3.8) is 0 Å². The smallest absolute Gasteiger partial charge is 0.331 e. The fourth-order valence-corrected chi connectivity index (χ4v) is 2.01. The lowest BCUT2D eigenvalue weighted by Crippen LogP contribution is -2.51. The number of hydrogen-bond acceptors (Lipinski definition) is 7. The number of carbonyl (C=O) groups is 3. The van der Waals surface area contributed by atoms with Crippen molar-refractivity contribution >= 4 is 18.0 Å². The van der Waals surface area contributed by atoms with Gasteiger partial charge in [0.2, 0.25) is 6.23 Å². The van der Waals surface area contributed by atoms with Crippen LogP contribution in [0.1, 0.15) is 13.8 Å². The molecule has 2 unspecified atom stereocenters. The predicted molar refractivity (Wildman–Crippen MR) is 72.0 cm³/mol. The molecule has 1 aliphatic rings. The van der Waals surface area contributed by atoms with E-state index in [4.69, 9.17) is 15.7 Å². The molecule has 9 nitrogen and oxygen atoms in total. The number of urea groups is 1. The third-order valence-corrected chi connectivity index (χ3v) is 2.91. The van der Waals surface area contributed by atoms with E-state index < -0.39 is 48.9 Å². The second-order valence-electron chi connectivity index (χ2n) is 4.72. The molecule has 1 rings (SSSR count). The number of amides is 2. The predicted octanol–water partition coefficient (Wildman–Crippen LogP) is 0.259. The van der Waals surface area contributed by atoms with Gasteiger partial charge >= 0.3 is 23.9 Å². The number of halogens is 2. The van der Waals surface area contributed by atoms with Crippen LogP contribution in [-0.4, -0.2) is 53.8 Å². The molecule has 0 aromatic rings. The first kappa shape index (κ1) is 19.3. The molecule has 0 spiro atoms. The molecular formula is C13H15F2N3O6. The van der Waals surface area contributed by atoms with E-state index >= 15 is 0 Å². The van der Waals surface area contributed by atoms with Gasteiger partial charge < -0.3 is 19.9 Å². The van der Waals surface area contributed by atoms with Crippen LogP contribution in [0, 0.1) is 11.3 Å². The van der Waals surface area contributed by atoms with Crippen LogP contribution in [0.2, 0.25) is 0 Å². The van der Waals surface area contributed by atoms with E-state index in [0.29, 0.717) is 6.20 Å². The Morgan fingerprint density at radius 3 is 2.46 bits per heavy atom. The van der Waals surface area contributed by atoms with Gasteiger partial charge in [-0.25, -0.2) is 4.79 Å². The standard InChI is InChI=1S/C13H15F2N3O6/c1-7(19)22-6-9-10(23-8(2)20)13(14,15)11(24-9)18(12(17)21)5-3-4-16/h3,5,9-11H,6H2,1-2H3,(H2,17,21)/b5-3-/t9-,10?,11?/m1/s1. The molecule has 132 valence electrons. The molecule has 3 atom stereocenters. The molecule has 1 fully saturated rings. The molecule has 0 aromatic carbocycles. The lowest BCUT2D eigenvalue weighted by Gasteiger charge is -2.28. The van der Waals surface area contributed by atoms with Gasteiger partial charge in [0.25, 0.3) is 0 Å². The van der Waals surface area contributed by atoms with Gasteiger partial charge in [-0.05, 0) is 0 Å². The fourth-order valence-electron chi connectivity index (χ4n) is 2.01. The summed E-state index contributed by atoms with van der Waals surface area (Å²) in [5, 5.41) is 8.47. The van der Waals surface area contributed by atoms with Crippen molar-refractivity contribution in [2.75, 3.05) is 6.61 Å². The Morgan fingerprint density at radius 2 is 2.00 bits per heavy atom. The highest BCUT2D eigenvalue weighted by Crippen LogP contribution is 2.40. The number of nitrogens with two attached hydrogens (primary N) is 1. The van der Waals surface area contributed by atoms with Crippen LogP contribution in [0.4, 0.5) is 13.6 Å². The van der Waals surface area contributed by atoms with Gasteiger partial charge in [0.15, 0.2) is 6.10 Å². The summed E-state index contributed by atoms with van der Waals surface area (Å²) in [5.74, 6) is -5.65. The molecule has 1 heterocycles. The maximum absolute atomic E-state index is 14.5. The number of esters is 2. The Labute approximate surface area is 135 Å². The van der Waals surface area contributed by atoms with Crippen molar-refractivity contribution in [2.24, 2.45) is 5.73 Å². The average molecular weight is 347 g/mol. The summed E-state index contributed by atoms with van der Waals surface area (Å²) < 4.78 is 43.3. The van der Waals surface area contributed by atoms with Crippen molar-refractivity contribution in [2.45, 2.75) is 38.2 Å². The average Bonchev–Trinajstić information content (AvgIpc) is 2.69. The molecule has 24 heavy (non-hydrogen) atoms. The Balaban J connectivity index is 3.15. The first-order valence-electron chi connectivity index (χ1n) is 6.59. The van der Waals surface area contributed by atoms with E-state index in [9.17, 15) is 23.2 Å². The minimum absolute atomic E-state index is 0.285. The van der Waals surface area contributed by atoms with Gasteiger partial charge in [-0.2, -0.15) is 14.0 Å². The van der Waals surface area contributed by atoms with Crippen LogP contribution in [0.3, 0.4) is 0 Å². The topological polar surface area (TPSA) is 132 Å². The summed E-state index contributed by atoms with van der Waals surface area (Å²) in [7, 11) is 0. The maximum atomic E-state index is 14.5. The Hall–Kier alpha value is -2.74. The zero-order valence-corrected chi connectivity index (χ0v) is 12.8. The van der Waals surface area contributed by atoms with Crippen molar-refractivity contribution in [1.29, 1.82) is 5.26 Å². The number of carbonyl (C=O) groups excluding carboxylic acids is 3. The molecule has 0 aliphatic carbocycles. The normalized spacial score (nSPS) is 25.0. The van der Waals surface area contributed by atoms with Gasteiger partial charge in [-0.1, -0.05) is 0 Å². The van der Waals surface area contributed by atoms with E-state index in [1.165, 1.54) is 6.07 Å². The third-order valence-electron chi connectivity index (χ3n) is 2.91. The largest absolute Gasteiger partial charge is 0.463 e. The summed E-state index contributed by atoms with van der Waals surface area (Å²) in [5.41, 5.74) is 5.01. The van der Waals surface area contributed by atoms with Gasteiger partial charge in [-0.15, -0.1) is 0 Å². The van der Waals surface area contributed by atoms with Gasteiger partial charge in [0.05, 0.1) is 6.07 Å². The van der Waals surface area contributed by atoms with E-state index in [-0.39, 0.29) is 4.90 Å². The zero-order valence-electron chi connectivity index (χ0n) is 12.8. The highest BCUT2D eigenvalue weighted by Gasteiger charge is 2.63. The highest BCUT2D eigenvalue weighted by atomic mass is 19.3. The molecule has 0 bridgehead atoms. The number of ether oxygens (including phenoxy) is 3. The molecular weight excluding hydrogens is 332 g/mol. The fraction of sp³-hybridized carbons (Fsp3) is 0.538. The number of primary amides is 1. The van der Waals surface area contributed by atoms with E-state index in [1.54, 1.807) is 0 Å². The van der Waals surface area contributed by atoms with Crippen LogP contribution in [0.25, 0.3) is 0 Å². The molecule has 2 amide bonds. The van der Waals surface area contributed by atoms with Crippen LogP contribution >= 0.6 is 0 Å². The lowest BCUT2D eigenvalue weighted by atomic mass is 10.1. The maximum Gasteiger partial charge on any atom is 0.331 e. The molecule has 1 aliphatic heterocycles. The van der Waals surface area contributed by atoms with Crippen LogP contribution in [0.5, 0.6) is 0 Å². The van der Waals surface area contributed by atoms with Gasteiger partial charge in [0.1, 0.15) is 12.7 Å². The molecule has 0 aromatic heterocycles. The third kappa shape index (κ3) is 4.39. The number of allylic oxidation sites excluding steroid dienone is 1. The van der Waals surface area contributed by atoms with Crippen LogP contribution in [0.15, 0.2) is 12.3 Å². The Bertz CT molecular complexity index is 589. The molecule has 1 saturated heterocycles. The van der Waals surface area contributed by atoms with Crippen molar-refractivity contribution < 1.29 is 37.4 Å². The number of hydrogen-bond donors (Lipinski definition) is 1. The second-order valence-corrected chi connectivity index (χ2v) is 4.72. The molecule has 0 saturated carbocycles. The lowest BCUT2D eigenvalue weighted by molar-refractivity contribution is -0.175. The van der Waals surface area contributed by atoms with E-state index in [2.05, 4.69) is 9.47 Å². The van der Waals surface area contributed by atoms with Crippen molar-refractivity contribution in [3.8, 4) is 6.07 Å². The summed E-state index contributed by atoms with van der Waals surface area (Å²) >= 11 is 0. The van der Waals surface area contributed by atoms with Gasteiger partial charge in [-0.3, -0.25) is 14.5 Å². The summed E-state index contributed by atoms with van der Waals surface area (Å²) in [4.78, 5) is 33.6. The van der Waals surface area contributed by atoms with Gasteiger partial charge in [0, 0.05) is 26.1 Å². The minimum atomic E-state index is -3.87. The monoisotopic (exact) mass is 347 g/mol. The zero-order chi connectivity index (χ0) is 18.5. The number of alkyl halides is 2. The molecule has 11 heteroatoms. The first-order valence-corrected chi connectivity index (χ1v) is 6.59. The number of nitriles is 1. The number of nitrogens with zero attached hydrogens (tertiary/aromatic N) is 2. The van der Waals surface area contributed by atoms with E-state index in [1.807, 2.05) is 0 Å². The SMILES string of the molecule is CC(=O)OC[C@H]1OC(N(/C=C\C#N)C(N)=O)C(F)(F)C1OC(C)=O. The van der Waals surface area contributed by atoms with Crippen molar-refractivity contribution in [3.05, 3.63) is 12.3 Å². The van der Waals surface area contributed by atoms with E-state index in [0.717, 1.165) is 19.9 Å². The quantitative estimate of drug-likeness (QED) is 0.557. The minimum Gasteiger partial charge on any atom is -0.463 e. The highest BCUT2D eigenvalue weighted by molar-refractivity contribution is 5.73. The first-order chi connectivity index (χ1) is 11.1. The van der Waals surface area contributed by atoms with Crippen LogP contribution < -0.4 is 5.73 Å². The summed E-state index contributed by atoms with van der Waals surface area (Å²) in [6.45, 7) is 1.33. The summed E-state index contributed by atoms with van der Waals surface area (Å²) in [6, 6.07) is 0.195. The molecule has 0 radical (unpaired) electrons. The summed E-state index contributed by atoms with van der Waals surface area (Å²) in [6.07, 6.45) is -4.44. The number of rotatable bonds is 5. The van der Waals surface area contributed by atoms with Crippen molar-refractivity contribution in [1.82, 2.24) is 4.90 Å².